The zero-order valence-electron chi connectivity index (χ0n) is 10.5. The summed E-state index contributed by atoms with van der Waals surface area (Å²) in [6.45, 7) is 3.00. The normalized spacial score (nSPS) is 10.7. The number of nitrogens with two attached hydrogens (primary N) is 1. The maximum absolute atomic E-state index is 5.73. The highest BCUT2D eigenvalue weighted by Gasteiger charge is 2.10. The number of ether oxygens (including phenoxy) is 1. The summed E-state index contributed by atoms with van der Waals surface area (Å²) in [4.78, 5) is 0. The number of aryl methyl sites for hydroxylation is 2. The van der Waals surface area contributed by atoms with E-state index in [1.807, 2.05) is 42.9 Å². The van der Waals surface area contributed by atoms with E-state index in [9.17, 15) is 0 Å². The van der Waals surface area contributed by atoms with Crippen molar-refractivity contribution in [2.45, 2.75) is 20.1 Å². The van der Waals surface area contributed by atoms with E-state index in [1.54, 1.807) is 0 Å². The molecule has 0 aliphatic carbocycles. The first-order valence-electron chi connectivity index (χ1n) is 5.71. The van der Waals surface area contributed by atoms with Gasteiger partial charge in [0.25, 0.3) is 0 Å². The molecule has 1 aromatic heterocycles. The maximum Gasteiger partial charge on any atom is 0.131 e. The van der Waals surface area contributed by atoms with Gasteiger partial charge >= 0.3 is 0 Å². The summed E-state index contributed by atoms with van der Waals surface area (Å²) in [5.74, 6) is 0.831. The summed E-state index contributed by atoms with van der Waals surface area (Å²) in [6.07, 6.45) is 0. The third-order valence-corrected chi connectivity index (χ3v) is 3.83. The molecule has 0 saturated heterocycles. The summed E-state index contributed by atoms with van der Waals surface area (Å²) >= 11 is 3.52. The third kappa shape index (κ3) is 2.73. The van der Waals surface area contributed by atoms with E-state index >= 15 is 0 Å². The van der Waals surface area contributed by atoms with Gasteiger partial charge in [0, 0.05) is 13.6 Å². The van der Waals surface area contributed by atoms with Gasteiger partial charge in [0.15, 0.2) is 0 Å². The van der Waals surface area contributed by atoms with Crippen LogP contribution in [-0.2, 0) is 20.2 Å². The second kappa shape index (κ2) is 5.54. The molecule has 0 unspecified atom stereocenters. The Kier molecular flexibility index (Phi) is 4.04. The molecule has 2 N–H and O–H groups in total. The lowest BCUT2D eigenvalue weighted by molar-refractivity contribution is 0.294. The molecule has 0 amide bonds. The predicted molar refractivity (Wildman–Crippen MR) is 74.3 cm³/mol. The number of rotatable bonds is 4. The molecule has 1 aromatic carbocycles. The van der Waals surface area contributed by atoms with Crippen LogP contribution in [0.15, 0.2) is 28.7 Å². The number of benzene rings is 1. The molecule has 4 nitrogen and oxygen atoms in total. The van der Waals surface area contributed by atoms with Crippen molar-refractivity contribution in [3.8, 4) is 5.75 Å². The fourth-order valence-electron chi connectivity index (χ4n) is 1.71. The summed E-state index contributed by atoms with van der Waals surface area (Å²) in [6, 6.07) is 7.80. The Morgan fingerprint density at radius 2 is 2.00 bits per heavy atom. The quantitative estimate of drug-likeness (QED) is 0.944. The SMILES string of the molecule is Cc1nn(C)c(COc2ccc(CN)cc2)c1Br. The number of hydrogen-bond acceptors (Lipinski definition) is 3. The molecule has 18 heavy (non-hydrogen) atoms. The van der Waals surface area contributed by atoms with Gasteiger partial charge in [-0.25, -0.2) is 0 Å². The molecule has 1 heterocycles. The van der Waals surface area contributed by atoms with Gasteiger partial charge in [-0.05, 0) is 40.5 Å². The van der Waals surface area contributed by atoms with Gasteiger partial charge in [-0.3, -0.25) is 4.68 Å². The van der Waals surface area contributed by atoms with E-state index < -0.39 is 0 Å². The van der Waals surface area contributed by atoms with Gasteiger partial charge in [-0.2, -0.15) is 5.10 Å². The highest BCUT2D eigenvalue weighted by Crippen LogP contribution is 2.22. The molecular weight excluding hydrogens is 294 g/mol. The molecular formula is C13H16BrN3O. The Labute approximate surface area is 115 Å². The average Bonchev–Trinajstić information content (AvgIpc) is 2.62. The van der Waals surface area contributed by atoms with E-state index in [-0.39, 0.29) is 0 Å². The number of nitrogens with zero attached hydrogens (tertiary/aromatic N) is 2. The minimum atomic E-state index is 0.486. The molecule has 0 bridgehead atoms. The van der Waals surface area contributed by atoms with Crippen LogP contribution in [0.3, 0.4) is 0 Å². The second-order valence-electron chi connectivity index (χ2n) is 4.11. The van der Waals surface area contributed by atoms with Crippen LogP contribution in [0.1, 0.15) is 17.0 Å². The smallest absolute Gasteiger partial charge is 0.131 e. The fourth-order valence-corrected chi connectivity index (χ4v) is 2.16. The average molecular weight is 310 g/mol. The highest BCUT2D eigenvalue weighted by atomic mass is 79.9. The van der Waals surface area contributed by atoms with E-state index in [0.717, 1.165) is 27.2 Å². The molecule has 5 heteroatoms. The van der Waals surface area contributed by atoms with Gasteiger partial charge in [0.1, 0.15) is 12.4 Å². The zero-order chi connectivity index (χ0) is 13.1. The molecule has 0 saturated carbocycles. The fraction of sp³-hybridized carbons (Fsp3) is 0.308. The Bertz CT molecular complexity index is 534. The molecule has 0 aliphatic heterocycles. The standard InChI is InChI=1S/C13H16BrN3O/c1-9-13(14)12(17(2)16-9)8-18-11-5-3-10(7-15)4-6-11/h3-6H,7-8,15H2,1-2H3. The Morgan fingerprint density at radius 3 is 2.50 bits per heavy atom. The lowest BCUT2D eigenvalue weighted by Crippen LogP contribution is -2.04. The van der Waals surface area contributed by atoms with E-state index in [2.05, 4.69) is 21.0 Å². The van der Waals surface area contributed by atoms with Crippen molar-refractivity contribution in [1.82, 2.24) is 9.78 Å². The minimum absolute atomic E-state index is 0.486. The van der Waals surface area contributed by atoms with Gasteiger partial charge in [0.2, 0.25) is 0 Å². The van der Waals surface area contributed by atoms with E-state index in [0.29, 0.717) is 13.2 Å². The monoisotopic (exact) mass is 309 g/mol. The summed E-state index contributed by atoms with van der Waals surface area (Å²) in [5, 5.41) is 4.32. The molecule has 0 aliphatic rings. The lowest BCUT2D eigenvalue weighted by atomic mass is 10.2. The predicted octanol–water partition coefficient (Wildman–Crippen LogP) is 2.53. The van der Waals surface area contributed by atoms with Crippen LogP contribution < -0.4 is 10.5 Å². The lowest BCUT2D eigenvalue weighted by Gasteiger charge is -2.07. The van der Waals surface area contributed by atoms with Crippen LogP contribution in [0.25, 0.3) is 0 Å². The molecule has 0 fully saturated rings. The van der Waals surface area contributed by atoms with Crippen LogP contribution >= 0.6 is 15.9 Å². The summed E-state index contributed by atoms with van der Waals surface area (Å²) in [5.41, 5.74) is 8.64. The van der Waals surface area contributed by atoms with Crippen LogP contribution in [0.5, 0.6) is 5.75 Å². The van der Waals surface area contributed by atoms with Crippen LogP contribution in [0.4, 0.5) is 0 Å². The maximum atomic E-state index is 5.73. The first kappa shape index (κ1) is 13.1. The van der Waals surface area contributed by atoms with Crippen molar-refractivity contribution < 1.29 is 4.74 Å². The molecule has 0 atom stereocenters. The van der Waals surface area contributed by atoms with Crippen LogP contribution in [0.2, 0.25) is 0 Å². The number of aromatic nitrogens is 2. The largest absolute Gasteiger partial charge is 0.487 e. The number of halogens is 1. The van der Waals surface area contributed by atoms with Crippen molar-refractivity contribution in [3.63, 3.8) is 0 Å². The van der Waals surface area contributed by atoms with Gasteiger partial charge in [-0.15, -0.1) is 0 Å². The van der Waals surface area contributed by atoms with Crippen LogP contribution in [-0.4, -0.2) is 9.78 Å². The Balaban J connectivity index is 2.06. The van der Waals surface area contributed by atoms with Crippen molar-refractivity contribution in [2.24, 2.45) is 12.8 Å². The first-order chi connectivity index (χ1) is 8.61. The summed E-state index contributed by atoms with van der Waals surface area (Å²) < 4.78 is 8.57. The minimum Gasteiger partial charge on any atom is -0.487 e. The van der Waals surface area contributed by atoms with Crippen molar-refractivity contribution in [3.05, 3.63) is 45.7 Å². The van der Waals surface area contributed by atoms with Crippen molar-refractivity contribution in [2.75, 3.05) is 0 Å². The Morgan fingerprint density at radius 1 is 1.33 bits per heavy atom. The molecule has 0 radical (unpaired) electrons. The molecule has 96 valence electrons. The van der Waals surface area contributed by atoms with E-state index in [1.165, 1.54) is 0 Å². The van der Waals surface area contributed by atoms with Crippen molar-refractivity contribution in [1.29, 1.82) is 0 Å². The molecule has 2 aromatic rings. The van der Waals surface area contributed by atoms with Gasteiger partial charge in [-0.1, -0.05) is 12.1 Å². The zero-order valence-corrected chi connectivity index (χ0v) is 12.1. The third-order valence-electron chi connectivity index (χ3n) is 2.80. The Hall–Kier alpha value is -1.33. The van der Waals surface area contributed by atoms with Gasteiger partial charge in [0.05, 0.1) is 15.9 Å². The van der Waals surface area contributed by atoms with Crippen LogP contribution in [0, 0.1) is 6.92 Å². The highest BCUT2D eigenvalue weighted by molar-refractivity contribution is 9.10. The topological polar surface area (TPSA) is 53.1 Å². The molecule has 2 rings (SSSR count). The van der Waals surface area contributed by atoms with Crippen molar-refractivity contribution >= 4 is 15.9 Å². The molecule has 0 spiro atoms. The van der Waals surface area contributed by atoms with E-state index in [4.69, 9.17) is 10.5 Å². The van der Waals surface area contributed by atoms with Gasteiger partial charge < -0.3 is 10.5 Å². The summed E-state index contributed by atoms with van der Waals surface area (Å²) in [7, 11) is 1.91. The second-order valence-corrected chi connectivity index (χ2v) is 4.90. The number of hydrogen-bond donors (Lipinski definition) is 1. The first-order valence-corrected chi connectivity index (χ1v) is 6.51.